The molecule has 1 heterocycles. The predicted molar refractivity (Wildman–Crippen MR) is 171 cm³/mol. The average molecular weight is 659 g/mol. The van der Waals surface area contributed by atoms with Gasteiger partial charge in [-0.05, 0) is 54.5 Å². The summed E-state index contributed by atoms with van der Waals surface area (Å²) in [7, 11) is 6.21. The van der Waals surface area contributed by atoms with Gasteiger partial charge in [0.1, 0.15) is 23.0 Å². The number of rotatable bonds is 18. The van der Waals surface area contributed by atoms with Gasteiger partial charge in [-0.15, -0.1) is 5.06 Å². The number of anilines is 2. The molecule has 3 N–H and O–H groups in total. The number of methoxy groups -OCH3 is 4. The number of benzene rings is 2. The normalized spacial score (nSPS) is 12.6. The van der Waals surface area contributed by atoms with Crippen LogP contribution in [-0.2, 0) is 28.8 Å². The Morgan fingerprint density at radius 1 is 0.826 bits per heavy atom. The van der Waals surface area contributed by atoms with Crippen molar-refractivity contribution in [3.63, 3.8) is 0 Å². The van der Waals surface area contributed by atoms with E-state index in [9.17, 15) is 24.0 Å². The predicted octanol–water partition coefficient (Wildman–Crippen LogP) is 4.06. The second-order valence-corrected chi connectivity index (χ2v) is 10.5. The molecule has 0 atom stereocenters. The third kappa shape index (κ3) is 10.6. The van der Waals surface area contributed by atoms with Crippen molar-refractivity contribution in [2.75, 3.05) is 45.0 Å². The summed E-state index contributed by atoms with van der Waals surface area (Å²) in [5.41, 5.74) is 1.94. The summed E-state index contributed by atoms with van der Waals surface area (Å²) in [6.07, 6.45) is 2.52. The van der Waals surface area contributed by atoms with E-state index in [-0.39, 0.29) is 56.9 Å². The first-order valence-corrected chi connectivity index (χ1v) is 15.3. The van der Waals surface area contributed by atoms with Gasteiger partial charge in [0, 0.05) is 56.5 Å². The van der Waals surface area contributed by atoms with E-state index in [1.54, 1.807) is 45.6 Å². The van der Waals surface area contributed by atoms with Crippen LogP contribution in [0.5, 0.6) is 23.0 Å². The van der Waals surface area contributed by atoms with Crippen molar-refractivity contribution in [1.29, 1.82) is 0 Å². The van der Waals surface area contributed by atoms with Gasteiger partial charge in [-0.1, -0.05) is 0 Å². The molecule has 14 nitrogen and oxygen atoms in total. The van der Waals surface area contributed by atoms with Crippen molar-refractivity contribution in [3.05, 3.63) is 41.3 Å². The number of hydrogen-bond donors (Lipinski definition) is 3. The minimum absolute atomic E-state index is 0.0144. The molecule has 0 radical (unpaired) electrons. The van der Waals surface area contributed by atoms with Crippen LogP contribution in [-0.4, -0.2) is 69.6 Å². The number of amides is 4. The molecule has 3 rings (SSSR count). The van der Waals surface area contributed by atoms with Crippen molar-refractivity contribution in [3.8, 4) is 23.0 Å². The summed E-state index contributed by atoms with van der Waals surface area (Å²) in [4.78, 5) is 64.3. The molecule has 248 valence electrons. The monoisotopic (exact) mass is 658 g/mol. The maximum Gasteiger partial charge on any atom is 0.333 e. The summed E-state index contributed by atoms with van der Waals surface area (Å²) >= 11 is 1.30. The first-order valence-electron chi connectivity index (χ1n) is 14.4. The Hall–Kier alpha value is -4.92. The first-order chi connectivity index (χ1) is 22.2. The number of imide groups is 1. The number of nitrogens with zero attached hydrogens (tertiary/aromatic N) is 1. The minimum atomic E-state index is -0.757. The van der Waals surface area contributed by atoms with Crippen molar-refractivity contribution >= 4 is 59.0 Å². The molecule has 0 aromatic heterocycles. The number of hydroxylamine groups is 2. The fourth-order valence-electron chi connectivity index (χ4n) is 4.25. The number of carbonyl (C=O) groups excluding carboxylic acids is 5. The van der Waals surface area contributed by atoms with Gasteiger partial charge in [0.15, 0.2) is 0 Å². The highest BCUT2D eigenvalue weighted by molar-refractivity contribution is 8.03. The largest absolute Gasteiger partial charge is 0.496 e. The summed E-state index contributed by atoms with van der Waals surface area (Å²) < 4.78 is 24.8. The summed E-state index contributed by atoms with van der Waals surface area (Å²) in [6.45, 7) is 0.263. The molecule has 0 saturated carbocycles. The Morgan fingerprint density at radius 3 is 2.11 bits per heavy atom. The van der Waals surface area contributed by atoms with Crippen LogP contribution in [0.15, 0.2) is 35.7 Å². The van der Waals surface area contributed by atoms with Gasteiger partial charge < -0.3 is 39.1 Å². The van der Waals surface area contributed by atoms with E-state index in [1.807, 2.05) is 17.6 Å². The maximum absolute atomic E-state index is 12.6. The topological polar surface area (TPSA) is 171 Å². The molecule has 4 amide bonds. The molecule has 0 aliphatic carbocycles. The minimum Gasteiger partial charge on any atom is -0.496 e. The second kappa shape index (κ2) is 18.1. The second-order valence-electron chi connectivity index (χ2n) is 9.78. The highest BCUT2D eigenvalue weighted by Crippen LogP contribution is 2.36. The molecule has 1 aliphatic rings. The van der Waals surface area contributed by atoms with Crippen molar-refractivity contribution in [2.45, 2.75) is 44.9 Å². The molecular formula is C31H38N4O10S. The van der Waals surface area contributed by atoms with E-state index in [0.29, 0.717) is 45.9 Å². The summed E-state index contributed by atoms with van der Waals surface area (Å²) in [5.74, 6) is -0.140. The number of carbonyl (C=O) groups is 5. The smallest absolute Gasteiger partial charge is 0.333 e. The first kappa shape index (κ1) is 35.6. The van der Waals surface area contributed by atoms with E-state index in [0.717, 1.165) is 5.56 Å². The molecule has 1 aliphatic heterocycles. The lowest BCUT2D eigenvalue weighted by molar-refractivity contribution is -0.197. The zero-order valence-electron chi connectivity index (χ0n) is 26.1. The molecule has 15 heteroatoms. The van der Waals surface area contributed by atoms with Gasteiger partial charge in [0.25, 0.3) is 11.8 Å². The van der Waals surface area contributed by atoms with Gasteiger partial charge in [-0.25, -0.2) is 4.79 Å². The number of nitrogens with one attached hydrogen (secondary N) is 3. The Labute approximate surface area is 271 Å². The molecule has 1 fully saturated rings. The third-order valence-corrected chi connectivity index (χ3v) is 7.22. The van der Waals surface area contributed by atoms with Gasteiger partial charge in [-0.2, -0.15) is 0 Å². The molecule has 2 aromatic carbocycles. The lowest BCUT2D eigenvalue weighted by atomic mass is 10.1. The zero-order chi connectivity index (χ0) is 33.5. The Bertz CT molecular complexity index is 1410. The summed E-state index contributed by atoms with van der Waals surface area (Å²) in [6, 6.07) is 8.82. The van der Waals surface area contributed by atoms with E-state index >= 15 is 0 Å². The van der Waals surface area contributed by atoms with Gasteiger partial charge in [0.2, 0.25) is 11.8 Å². The number of hydrogen-bond acceptors (Lipinski definition) is 12. The highest BCUT2D eigenvalue weighted by atomic mass is 32.2. The van der Waals surface area contributed by atoms with Crippen LogP contribution in [0.4, 0.5) is 11.4 Å². The average Bonchev–Trinajstić information content (AvgIpc) is 3.36. The maximum atomic E-state index is 12.6. The fourth-order valence-corrected chi connectivity index (χ4v) is 4.78. The molecule has 2 aromatic rings. The van der Waals surface area contributed by atoms with Crippen LogP contribution in [0, 0.1) is 0 Å². The van der Waals surface area contributed by atoms with Crippen LogP contribution in [0.25, 0.3) is 6.08 Å². The quantitative estimate of drug-likeness (QED) is 0.119. The Kier molecular flexibility index (Phi) is 14.0. The van der Waals surface area contributed by atoms with Crippen LogP contribution in [0.1, 0.15) is 50.5 Å². The molecule has 46 heavy (non-hydrogen) atoms. The standard InChI is InChI=1S/C31H38N4O10S/c1-41-21-18-25(43-3)22(26(19-21)44-4)14-16-46-34-20-10-11-24(42-2)23(17-20)33-28(37)8-6-15-32-27(36)7-5-9-31(40)45-35-29(38)12-13-30(35)39/h10-11,14,16-19,34H,5-9,12-13,15H2,1-4H3,(H,32,36)(H,33,37)/b16-14+. The third-order valence-electron chi connectivity index (χ3n) is 6.59. The van der Waals surface area contributed by atoms with E-state index in [2.05, 4.69) is 15.4 Å². The van der Waals surface area contributed by atoms with Crippen molar-refractivity contribution in [2.24, 2.45) is 0 Å². The number of ether oxygens (including phenoxy) is 4. The van der Waals surface area contributed by atoms with Crippen molar-refractivity contribution in [1.82, 2.24) is 10.4 Å². The van der Waals surface area contributed by atoms with Gasteiger partial charge in [0.05, 0.1) is 39.7 Å². The molecule has 0 spiro atoms. The van der Waals surface area contributed by atoms with Crippen LogP contribution in [0.2, 0.25) is 0 Å². The fraction of sp³-hybridized carbons (Fsp3) is 0.387. The zero-order valence-corrected chi connectivity index (χ0v) is 27.0. The Morgan fingerprint density at radius 2 is 1.48 bits per heavy atom. The summed E-state index contributed by atoms with van der Waals surface area (Å²) in [5, 5.41) is 7.84. The van der Waals surface area contributed by atoms with Gasteiger partial charge >= 0.3 is 5.97 Å². The lowest BCUT2D eigenvalue weighted by Crippen LogP contribution is -2.32. The van der Waals surface area contributed by atoms with Crippen LogP contribution >= 0.6 is 11.9 Å². The van der Waals surface area contributed by atoms with E-state index < -0.39 is 17.8 Å². The Balaban J connectivity index is 1.40. The van der Waals surface area contributed by atoms with E-state index in [4.69, 9.17) is 23.8 Å². The highest BCUT2D eigenvalue weighted by Gasteiger charge is 2.32. The molecule has 1 saturated heterocycles. The molecule has 0 bridgehead atoms. The van der Waals surface area contributed by atoms with Crippen molar-refractivity contribution < 1.29 is 47.8 Å². The molecular weight excluding hydrogens is 620 g/mol. The lowest BCUT2D eigenvalue weighted by Gasteiger charge is -2.13. The van der Waals surface area contributed by atoms with Gasteiger partial charge in [-0.3, -0.25) is 19.2 Å². The van der Waals surface area contributed by atoms with E-state index in [1.165, 1.54) is 19.1 Å². The molecule has 0 unspecified atom stereocenters. The SMILES string of the molecule is COc1cc(OC)c(/C=C/SNc2ccc(OC)c(NC(=O)CCCNC(=O)CCCC(=O)ON3C(=O)CCC3=O)c2)c(OC)c1. The van der Waals surface area contributed by atoms with Crippen LogP contribution in [0.3, 0.4) is 0 Å². The van der Waals surface area contributed by atoms with Crippen LogP contribution < -0.4 is 34.3 Å².